The van der Waals surface area contributed by atoms with E-state index >= 15 is 0 Å². The smallest absolute Gasteiger partial charge is 0.243 e. The Hall–Kier alpha value is -1.60. The molecular formula is C18H28N2O4S. The molecule has 1 aromatic carbocycles. The Morgan fingerprint density at radius 2 is 1.76 bits per heavy atom. The summed E-state index contributed by atoms with van der Waals surface area (Å²) in [5.74, 6) is 0.346. The number of rotatable bonds is 6. The number of nitrogens with zero attached hydrogens (tertiary/aromatic N) is 1. The van der Waals surface area contributed by atoms with Crippen LogP contribution in [0.1, 0.15) is 46.5 Å². The lowest BCUT2D eigenvalue weighted by Gasteiger charge is -2.23. The first-order chi connectivity index (χ1) is 11.6. The van der Waals surface area contributed by atoms with Gasteiger partial charge in [0.2, 0.25) is 15.9 Å². The van der Waals surface area contributed by atoms with Gasteiger partial charge in [0.1, 0.15) is 5.75 Å². The molecule has 1 fully saturated rings. The minimum absolute atomic E-state index is 0.150. The lowest BCUT2D eigenvalue weighted by atomic mass is 10.1. The average molecular weight is 368 g/mol. The quantitative estimate of drug-likeness (QED) is 0.837. The first-order valence-corrected chi connectivity index (χ1v) is 10.1. The zero-order valence-corrected chi connectivity index (χ0v) is 16.2. The standard InChI is InChI=1S/C18H28N2O4S/c1-18(2,3)19-17(21)13-20(4)25(22,23)16-11-9-15(10-12-16)24-14-7-5-6-8-14/h9-12,14H,5-8,13H2,1-4H3,(H,19,21). The summed E-state index contributed by atoms with van der Waals surface area (Å²) in [6.07, 6.45) is 4.68. The number of hydrogen-bond acceptors (Lipinski definition) is 4. The van der Waals surface area contributed by atoms with Gasteiger partial charge < -0.3 is 10.1 Å². The van der Waals surface area contributed by atoms with Crippen molar-refractivity contribution in [2.45, 2.75) is 63.0 Å². The molecule has 1 aromatic rings. The van der Waals surface area contributed by atoms with Gasteiger partial charge in [-0.1, -0.05) is 0 Å². The second-order valence-electron chi connectivity index (χ2n) is 7.55. The topological polar surface area (TPSA) is 75.7 Å². The Bertz CT molecular complexity index is 687. The van der Waals surface area contributed by atoms with Crippen LogP contribution in [-0.2, 0) is 14.8 Å². The number of amides is 1. The van der Waals surface area contributed by atoms with Crippen LogP contribution in [0.3, 0.4) is 0 Å². The van der Waals surface area contributed by atoms with Gasteiger partial charge in [0.15, 0.2) is 0 Å². The van der Waals surface area contributed by atoms with Crippen LogP contribution in [0.5, 0.6) is 5.75 Å². The molecule has 0 atom stereocenters. The van der Waals surface area contributed by atoms with Crippen LogP contribution in [0.25, 0.3) is 0 Å². The molecule has 2 rings (SSSR count). The number of carbonyl (C=O) groups is 1. The van der Waals surface area contributed by atoms with Crippen molar-refractivity contribution in [2.24, 2.45) is 0 Å². The first-order valence-electron chi connectivity index (χ1n) is 8.62. The van der Waals surface area contributed by atoms with Crippen molar-refractivity contribution < 1.29 is 17.9 Å². The molecule has 7 heteroatoms. The van der Waals surface area contributed by atoms with Crippen LogP contribution >= 0.6 is 0 Å². The first kappa shape index (κ1) is 19.7. The van der Waals surface area contributed by atoms with E-state index in [4.69, 9.17) is 4.74 Å². The molecule has 1 saturated carbocycles. The van der Waals surface area contributed by atoms with Gasteiger partial charge in [-0.05, 0) is 70.7 Å². The minimum Gasteiger partial charge on any atom is -0.490 e. The van der Waals surface area contributed by atoms with Crippen LogP contribution in [0.4, 0.5) is 0 Å². The van der Waals surface area contributed by atoms with E-state index in [2.05, 4.69) is 5.32 Å². The van der Waals surface area contributed by atoms with Crippen molar-refractivity contribution >= 4 is 15.9 Å². The fourth-order valence-electron chi connectivity index (χ4n) is 2.81. The monoisotopic (exact) mass is 368 g/mol. The molecule has 0 spiro atoms. The fourth-order valence-corrected chi connectivity index (χ4v) is 3.94. The summed E-state index contributed by atoms with van der Waals surface area (Å²) in [5.41, 5.74) is -0.402. The molecule has 0 unspecified atom stereocenters. The van der Waals surface area contributed by atoms with Crippen molar-refractivity contribution in [2.75, 3.05) is 13.6 Å². The van der Waals surface area contributed by atoms with E-state index in [1.807, 2.05) is 20.8 Å². The maximum atomic E-state index is 12.6. The normalized spacial score (nSPS) is 16.2. The Morgan fingerprint density at radius 1 is 1.20 bits per heavy atom. The molecule has 0 bridgehead atoms. The third-order valence-corrected chi connectivity index (χ3v) is 5.84. The number of carbonyl (C=O) groups excluding carboxylic acids is 1. The lowest BCUT2D eigenvalue weighted by Crippen LogP contribution is -2.46. The summed E-state index contributed by atoms with van der Waals surface area (Å²) < 4.78 is 32.1. The predicted molar refractivity (Wildman–Crippen MR) is 97.0 cm³/mol. The van der Waals surface area contributed by atoms with E-state index in [1.165, 1.54) is 32.0 Å². The number of nitrogens with one attached hydrogen (secondary N) is 1. The van der Waals surface area contributed by atoms with Crippen LogP contribution < -0.4 is 10.1 Å². The SMILES string of the molecule is CN(CC(=O)NC(C)(C)C)S(=O)(=O)c1ccc(OC2CCCC2)cc1. The molecule has 0 aliphatic heterocycles. The van der Waals surface area contributed by atoms with E-state index < -0.39 is 15.6 Å². The third-order valence-electron chi connectivity index (χ3n) is 4.02. The van der Waals surface area contributed by atoms with Gasteiger partial charge in [-0.25, -0.2) is 8.42 Å². The highest BCUT2D eigenvalue weighted by Gasteiger charge is 2.25. The van der Waals surface area contributed by atoms with Crippen molar-refractivity contribution in [1.82, 2.24) is 9.62 Å². The van der Waals surface area contributed by atoms with E-state index in [0.717, 1.165) is 17.1 Å². The van der Waals surface area contributed by atoms with Crippen molar-refractivity contribution in [3.05, 3.63) is 24.3 Å². The number of benzene rings is 1. The third kappa shape index (κ3) is 5.71. The summed E-state index contributed by atoms with van der Waals surface area (Å²) in [7, 11) is -2.31. The second-order valence-corrected chi connectivity index (χ2v) is 9.60. The molecule has 140 valence electrons. The van der Waals surface area contributed by atoms with E-state index in [0.29, 0.717) is 5.75 Å². The largest absolute Gasteiger partial charge is 0.490 e. The fraction of sp³-hybridized carbons (Fsp3) is 0.611. The Kier molecular flexibility index (Phi) is 6.11. The van der Waals surface area contributed by atoms with Gasteiger partial charge in [0, 0.05) is 12.6 Å². The molecule has 1 aliphatic carbocycles. The van der Waals surface area contributed by atoms with Gasteiger partial charge in [0.05, 0.1) is 17.5 Å². The molecule has 25 heavy (non-hydrogen) atoms. The highest BCUT2D eigenvalue weighted by Crippen LogP contribution is 2.25. The van der Waals surface area contributed by atoms with Gasteiger partial charge in [-0.3, -0.25) is 4.79 Å². The van der Waals surface area contributed by atoms with Crippen LogP contribution in [0.2, 0.25) is 0 Å². The Balaban J connectivity index is 2.01. The molecule has 0 aromatic heterocycles. The van der Waals surface area contributed by atoms with Crippen molar-refractivity contribution in [1.29, 1.82) is 0 Å². The summed E-state index contributed by atoms with van der Waals surface area (Å²) in [5, 5.41) is 2.76. The molecule has 0 radical (unpaired) electrons. The molecule has 0 saturated heterocycles. The van der Waals surface area contributed by atoms with E-state index in [-0.39, 0.29) is 23.5 Å². The van der Waals surface area contributed by atoms with Crippen molar-refractivity contribution in [3.8, 4) is 5.75 Å². The summed E-state index contributed by atoms with van der Waals surface area (Å²) >= 11 is 0. The summed E-state index contributed by atoms with van der Waals surface area (Å²) in [6.45, 7) is 5.33. The molecule has 1 amide bonds. The lowest BCUT2D eigenvalue weighted by molar-refractivity contribution is -0.122. The van der Waals surface area contributed by atoms with Crippen LogP contribution in [-0.4, -0.2) is 43.9 Å². The van der Waals surface area contributed by atoms with E-state index in [1.54, 1.807) is 12.1 Å². The zero-order chi connectivity index (χ0) is 18.7. The molecule has 0 heterocycles. The van der Waals surface area contributed by atoms with Gasteiger partial charge >= 0.3 is 0 Å². The van der Waals surface area contributed by atoms with Gasteiger partial charge in [-0.2, -0.15) is 4.31 Å². The van der Waals surface area contributed by atoms with Gasteiger partial charge in [0.25, 0.3) is 0 Å². The zero-order valence-electron chi connectivity index (χ0n) is 15.4. The summed E-state index contributed by atoms with van der Waals surface area (Å²) in [4.78, 5) is 12.1. The number of sulfonamides is 1. The van der Waals surface area contributed by atoms with Crippen LogP contribution in [0, 0.1) is 0 Å². The molecule has 1 aliphatic rings. The molecular weight excluding hydrogens is 340 g/mol. The van der Waals surface area contributed by atoms with Crippen LogP contribution in [0.15, 0.2) is 29.2 Å². The second kappa shape index (κ2) is 7.74. The molecule has 6 nitrogen and oxygen atoms in total. The van der Waals surface area contributed by atoms with Gasteiger partial charge in [-0.15, -0.1) is 0 Å². The van der Waals surface area contributed by atoms with E-state index in [9.17, 15) is 13.2 Å². The highest BCUT2D eigenvalue weighted by atomic mass is 32.2. The number of ether oxygens (including phenoxy) is 1. The molecule has 1 N–H and O–H groups in total. The summed E-state index contributed by atoms with van der Waals surface area (Å²) in [6, 6.07) is 6.40. The Morgan fingerprint density at radius 3 is 2.28 bits per heavy atom. The maximum Gasteiger partial charge on any atom is 0.243 e. The number of likely N-dealkylation sites (N-methyl/N-ethyl adjacent to an activating group) is 1. The Labute approximate surface area is 150 Å². The maximum absolute atomic E-state index is 12.6. The average Bonchev–Trinajstić information content (AvgIpc) is 2.98. The minimum atomic E-state index is -3.72. The predicted octanol–water partition coefficient (Wildman–Crippen LogP) is 2.54. The highest BCUT2D eigenvalue weighted by molar-refractivity contribution is 7.89. The number of hydrogen-bond donors (Lipinski definition) is 1. The van der Waals surface area contributed by atoms with Crippen molar-refractivity contribution in [3.63, 3.8) is 0 Å².